The van der Waals surface area contributed by atoms with E-state index in [-0.39, 0.29) is 0 Å². The molecular formula is C16H26N2S2Sn. The number of hydrogen-bond donors (Lipinski definition) is 0. The molecule has 1 fully saturated rings. The Labute approximate surface area is 148 Å². The maximum atomic E-state index is 5.04. The Bertz CT molecular complexity index is 467. The zero-order valence-corrected chi connectivity index (χ0v) is 18.3. The topological polar surface area (TPSA) is 6.48 Å². The van der Waals surface area contributed by atoms with E-state index in [4.69, 9.17) is 24.8 Å². The van der Waals surface area contributed by atoms with Gasteiger partial charge in [0.1, 0.15) is 0 Å². The van der Waals surface area contributed by atoms with E-state index in [9.17, 15) is 0 Å². The van der Waals surface area contributed by atoms with E-state index in [1.165, 1.54) is 16.8 Å². The summed E-state index contributed by atoms with van der Waals surface area (Å²) in [6.07, 6.45) is 0. The van der Waals surface area contributed by atoms with Gasteiger partial charge in [0, 0.05) is 31.9 Å². The van der Waals surface area contributed by atoms with Crippen LogP contribution >= 0.6 is 12.2 Å². The molecule has 1 saturated heterocycles. The van der Waals surface area contributed by atoms with Gasteiger partial charge in [0.2, 0.25) is 0 Å². The van der Waals surface area contributed by atoms with Gasteiger partial charge in [-0.2, -0.15) is 0 Å². The second-order valence-corrected chi connectivity index (χ2v) is 15.6. The van der Waals surface area contributed by atoms with Crippen molar-refractivity contribution in [3.8, 4) is 0 Å². The number of benzene rings is 1. The van der Waals surface area contributed by atoms with Gasteiger partial charge in [-0.15, -0.1) is 0 Å². The standard InChI is InChI=1S/C13H18N2S2.3CH3.Sn/c1-10-4-3-5-12(11(10)2)14-6-8-15(9-7-14)13(16)17;;;;/h3-5H,6-9H2,1-2H3,(H,16,17);3*1H3;/q;;;;+1/p-1. The predicted molar refractivity (Wildman–Crippen MR) is 103 cm³/mol. The van der Waals surface area contributed by atoms with Crippen LogP contribution < -0.4 is 4.90 Å². The molecule has 1 aromatic rings. The molecule has 0 atom stereocenters. The van der Waals surface area contributed by atoms with Crippen LogP contribution in [0.4, 0.5) is 5.69 Å². The first-order chi connectivity index (χ1) is 9.82. The van der Waals surface area contributed by atoms with E-state index in [0.717, 1.165) is 26.2 Å². The summed E-state index contributed by atoms with van der Waals surface area (Å²) in [6.45, 7) is 8.23. The average molecular weight is 429 g/mol. The molecule has 0 aliphatic carbocycles. The van der Waals surface area contributed by atoms with Crippen LogP contribution in [0.5, 0.6) is 0 Å². The molecule has 116 valence electrons. The molecule has 1 aliphatic rings. The minimum absolute atomic E-state index is 0.543. The van der Waals surface area contributed by atoms with Crippen molar-refractivity contribution < 1.29 is 0 Å². The van der Waals surface area contributed by atoms with Gasteiger partial charge in [-0.05, 0) is 31.0 Å². The molecule has 0 amide bonds. The molecule has 0 bridgehead atoms. The van der Waals surface area contributed by atoms with Crippen molar-refractivity contribution in [3.05, 3.63) is 29.3 Å². The molecule has 1 heterocycles. The summed E-state index contributed by atoms with van der Waals surface area (Å²) in [5.74, 6) is 0. The van der Waals surface area contributed by atoms with Crippen LogP contribution in [0.2, 0.25) is 14.8 Å². The first-order valence-corrected chi connectivity index (χ1v) is 16.7. The molecule has 0 radical (unpaired) electrons. The SMILES string of the molecule is Cc1cccc(N2CCN(C(=S)[S-])CC2)c1C.[CH3][Sn+]([CH3])[CH3]. The molecule has 2 nitrogen and oxygen atoms in total. The van der Waals surface area contributed by atoms with E-state index in [1.807, 2.05) is 0 Å². The third kappa shape index (κ3) is 6.28. The number of thiocarbonyl (C=S) groups is 1. The van der Waals surface area contributed by atoms with E-state index in [1.54, 1.807) is 0 Å². The Kier molecular flexibility index (Phi) is 8.27. The summed E-state index contributed by atoms with van der Waals surface area (Å²) in [7, 11) is 0. The molecule has 0 unspecified atom stereocenters. The Balaban J connectivity index is 0.000000491. The third-order valence-electron chi connectivity index (χ3n) is 3.45. The van der Waals surface area contributed by atoms with Crippen molar-refractivity contribution in [3.63, 3.8) is 0 Å². The van der Waals surface area contributed by atoms with Gasteiger partial charge < -0.3 is 34.6 Å². The summed E-state index contributed by atoms with van der Waals surface area (Å²) in [4.78, 5) is 11.6. The first kappa shape index (κ1) is 19.0. The summed E-state index contributed by atoms with van der Waals surface area (Å²) in [5.41, 5.74) is 4.07. The third-order valence-corrected chi connectivity index (χ3v) is 3.97. The van der Waals surface area contributed by atoms with Crippen LogP contribution in [0.1, 0.15) is 11.1 Å². The molecule has 0 N–H and O–H groups in total. The zero-order valence-electron chi connectivity index (χ0n) is 13.8. The fourth-order valence-electron chi connectivity index (χ4n) is 2.21. The fraction of sp³-hybridized carbons (Fsp3) is 0.562. The van der Waals surface area contributed by atoms with Crippen LogP contribution in [0.15, 0.2) is 18.2 Å². The quantitative estimate of drug-likeness (QED) is 0.382. The Morgan fingerprint density at radius 1 is 1.10 bits per heavy atom. The van der Waals surface area contributed by atoms with Crippen LogP contribution in [0.25, 0.3) is 0 Å². The molecule has 1 aromatic carbocycles. The summed E-state index contributed by atoms with van der Waals surface area (Å²) in [5, 5.41) is 0. The Morgan fingerprint density at radius 3 is 2.10 bits per heavy atom. The first-order valence-electron chi connectivity index (χ1n) is 7.36. The monoisotopic (exact) mass is 430 g/mol. The Morgan fingerprint density at radius 2 is 1.62 bits per heavy atom. The minimum atomic E-state index is -0.543. The van der Waals surface area contributed by atoms with Crippen molar-refractivity contribution in [2.24, 2.45) is 0 Å². The number of rotatable bonds is 1. The maximum absolute atomic E-state index is 5.04. The van der Waals surface area contributed by atoms with Gasteiger partial charge in [-0.3, -0.25) is 0 Å². The molecular weight excluding hydrogens is 403 g/mol. The number of aryl methyl sites for hydroxylation is 1. The number of nitrogens with zero attached hydrogens (tertiary/aromatic N) is 2. The summed E-state index contributed by atoms with van der Waals surface area (Å²) < 4.78 is 0.602. The average Bonchev–Trinajstić information content (AvgIpc) is 2.41. The van der Waals surface area contributed by atoms with E-state index < -0.39 is 19.8 Å². The van der Waals surface area contributed by atoms with Crippen molar-refractivity contribution in [2.45, 2.75) is 28.7 Å². The van der Waals surface area contributed by atoms with E-state index >= 15 is 0 Å². The van der Waals surface area contributed by atoms with Gasteiger partial charge in [0.25, 0.3) is 0 Å². The van der Waals surface area contributed by atoms with Gasteiger partial charge >= 0.3 is 34.6 Å². The molecule has 0 saturated carbocycles. The molecule has 0 spiro atoms. The van der Waals surface area contributed by atoms with Crippen molar-refractivity contribution in [2.75, 3.05) is 31.1 Å². The van der Waals surface area contributed by atoms with Crippen LogP contribution in [0, 0.1) is 13.8 Å². The van der Waals surface area contributed by atoms with Crippen LogP contribution in [-0.2, 0) is 12.6 Å². The van der Waals surface area contributed by atoms with Crippen molar-refractivity contribution in [1.29, 1.82) is 0 Å². The zero-order chi connectivity index (χ0) is 16.0. The molecule has 5 heteroatoms. The van der Waals surface area contributed by atoms with E-state index in [0.29, 0.717) is 4.32 Å². The van der Waals surface area contributed by atoms with Gasteiger partial charge in [-0.1, -0.05) is 16.5 Å². The summed E-state index contributed by atoms with van der Waals surface area (Å²) >= 11 is 9.54. The van der Waals surface area contributed by atoms with Crippen molar-refractivity contribution >= 4 is 54.6 Å². The normalized spacial score (nSPS) is 14.3. The van der Waals surface area contributed by atoms with Crippen LogP contribution in [0.3, 0.4) is 0 Å². The number of piperazine rings is 1. The predicted octanol–water partition coefficient (Wildman–Crippen LogP) is 3.63. The molecule has 21 heavy (non-hydrogen) atoms. The second kappa shape index (κ2) is 9.15. The van der Waals surface area contributed by atoms with Gasteiger partial charge in [-0.25, -0.2) is 0 Å². The van der Waals surface area contributed by atoms with E-state index in [2.05, 4.69) is 56.7 Å². The number of anilines is 1. The molecule has 1 aliphatic heterocycles. The summed E-state index contributed by atoms with van der Waals surface area (Å²) in [6, 6.07) is 6.49. The van der Waals surface area contributed by atoms with Crippen molar-refractivity contribution in [1.82, 2.24) is 4.90 Å². The Hall–Kier alpha value is -0.0713. The van der Waals surface area contributed by atoms with Crippen LogP contribution in [-0.4, -0.2) is 55.2 Å². The second-order valence-electron chi connectivity index (χ2n) is 5.96. The molecule has 2 rings (SSSR count). The number of hydrogen-bond acceptors (Lipinski definition) is 3. The molecule has 0 aromatic heterocycles. The van der Waals surface area contributed by atoms with Gasteiger partial charge in [0.05, 0.1) is 0 Å². The van der Waals surface area contributed by atoms with Gasteiger partial charge in [0.15, 0.2) is 0 Å². The fourth-order valence-corrected chi connectivity index (χ4v) is 2.57.